The minimum atomic E-state index is -1.10. The quantitative estimate of drug-likeness (QED) is 0.726. The first-order valence-electron chi connectivity index (χ1n) is 4.92. The van der Waals surface area contributed by atoms with Gasteiger partial charge in [0.05, 0.1) is 5.69 Å². The molecule has 0 fully saturated rings. The molecule has 1 aromatic heterocycles. The zero-order chi connectivity index (χ0) is 11.7. The highest BCUT2D eigenvalue weighted by atomic mass is 16.4. The van der Waals surface area contributed by atoms with Crippen LogP contribution in [0.4, 0.5) is 0 Å². The number of carbonyl (C=O) groups excluding carboxylic acids is 1. The molecule has 6 nitrogen and oxygen atoms in total. The van der Waals surface area contributed by atoms with Gasteiger partial charge < -0.3 is 10.0 Å². The fraction of sp³-hybridized carbons (Fsp3) is 0.400. The Balaban J connectivity index is 2.32. The Kier molecular flexibility index (Phi) is 2.55. The van der Waals surface area contributed by atoms with E-state index in [2.05, 4.69) is 10.2 Å². The zero-order valence-corrected chi connectivity index (χ0v) is 8.80. The van der Waals surface area contributed by atoms with Gasteiger partial charge in [-0.15, -0.1) is 5.10 Å². The smallest absolute Gasteiger partial charge is 0.356 e. The number of carboxylic acids is 1. The van der Waals surface area contributed by atoms with Crippen molar-refractivity contribution in [1.29, 1.82) is 0 Å². The van der Waals surface area contributed by atoms with Crippen LogP contribution in [-0.2, 0) is 17.8 Å². The first-order valence-corrected chi connectivity index (χ1v) is 4.92. The maximum atomic E-state index is 11.2. The van der Waals surface area contributed by atoms with E-state index in [-0.39, 0.29) is 11.6 Å². The summed E-state index contributed by atoms with van der Waals surface area (Å²) in [4.78, 5) is 23.6. The van der Waals surface area contributed by atoms with Gasteiger partial charge in [-0.05, 0) is 11.6 Å². The molecule has 1 aliphatic heterocycles. The molecular weight excluding hydrogens is 210 g/mol. The summed E-state index contributed by atoms with van der Waals surface area (Å²) in [5.74, 6) is -1.12. The van der Waals surface area contributed by atoms with Crippen molar-refractivity contribution in [2.75, 3.05) is 6.54 Å². The third-order valence-electron chi connectivity index (χ3n) is 2.60. The Morgan fingerprint density at radius 3 is 2.81 bits per heavy atom. The Hall–Kier alpha value is -1.98. The first-order chi connectivity index (χ1) is 7.58. The second-order valence-corrected chi connectivity index (χ2v) is 3.70. The summed E-state index contributed by atoms with van der Waals surface area (Å²) < 4.78 is 0. The van der Waals surface area contributed by atoms with Gasteiger partial charge in [0.2, 0.25) is 5.91 Å². The topological polar surface area (TPSA) is 83.4 Å². The van der Waals surface area contributed by atoms with E-state index in [1.807, 2.05) is 0 Å². The lowest BCUT2D eigenvalue weighted by molar-refractivity contribution is -0.129. The van der Waals surface area contributed by atoms with Crippen molar-refractivity contribution >= 4 is 11.9 Å². The second kappa shape index (κ2) is 3.88. The number of carbonyl (C=O) groups is 2. The van der Waals surface area contributed by atoms with E-state index in [1.54, 1.807) is 4.90 Å². The summed E-state index contributed by atoms with van der Waals surface area (Å²) in [5, 5.41) is 16.3. The lowest BCUT2D eigenvalue weighted by Gasteiger charge is -2.26. The summed E-state index contributed by atoms with van der Waals surface area (Å²) in [6.07, 6.45) is 0.627. The van der Waals surface area contributed by atoms with Gasteiger partial charge in [0, 0.05) is 26.4 Å². The summed E-state index contributed by atoms with van der Waals surface area (Å²) >= 11 is 0. The molecule has 0 bridgehead atoms. The van der Waals surface area contributed by atoms with Gasteiger partial charge in [0.15, 0.2) is 5.69 Å². The predicted molar refractivity (Wildman–Crippen MR) is 53.8 cm³/mol. The van der Waals surface area contributed by atoms with Crippen LogP contribution in [0.25, 0.3) is 0 Å². The lowest BCUT2D eigenvalue weighted by Crippen LogP contribution is -2.35. The molecule has 6 heteroatoms. The predicted octanol–water partition coefficient (Wildman–Crippen LogP) is 0.0794. The summed E-state index contributed by atoms with van der Waals surface area (Å²) in [6.45, 7) is 2.53. The van der Waals surface area contributed by atoms with E-state index in [9.17, 15) is 9.59 Å². The van der Waals surface area contributed by atoms with Gasteiger partial charge in [0.25, 0.3) is 0 Å². The number of fused-ring (bicyclic) bond motifs is 1. The van der Waals surface area contributed by atoms with E-state index in [0.29, 0.717) is 19.5 Å². The molecule has 0 spiro atoms. The molecule has 0 radical (unpaired) electrons. The molecule has 0 aromatic carbocycles. The number of carboxylic acid groups (broad SMARTS) is 1. The maximum Gasteiger partial charge on any atom is 0.356 e. The average molecular weight is 221 g/mol. The number of aromatic nitrogens is 2. The zero-order valence-electron chi connectivity index (χ0n) is 8.80. The monoisotopic (exact) mass is 221 g/mol. The highest BCUT2D eigenvalue weighted by Gasteiger charge is 2.21. The van der Waals surface area contributed by atoms with Crippen molar-refractivity contribution in [3.63, 3.8) is 0 Å². The van der Waals surface area contributed by atoms with Crippen LogP contribution in [0.1, 0.15) is 28.7 Å². The number of aromatic carboxylic acids is 1. The molecule has 2 heterocycles. The Morgan fingerprint density at radius 2 is 2.19 bits per heavy atom. The van der Waals surface area contributed by atoms with Crippen molar-refractivity contribution in [3.8, 4) is 0 Å². The van der Waals surface area contributed by atoms with E-state index < -0.39 is 5.97 Å². The highest BCUT2D eigenvalue weighted by molar-refractivity contribution is 5.85. The number of amides is 1. The number of hydrogen-bond donors (Lipinski definition) is 1. The van der Waals surface area contributed by atoms with E-state index in [1.165, 1.54) is 13.0 Å². The van der Waals surface area contributed by atoms with Crippen LogP contribution >= 0.6 is 0 Å². The normalized spacial score (nSPS) is 14.4. The largest absolute Gasteiger partial charge is 0.476 e. The molecule has 1 amide bonds. The fourth-order valence-electron chi connectivity index (χ4n) is 1.70. The van der Waals surface area contributed by atoms with Crippen LogP contribution in [0.5, 0.6) is 0 Å². The van der Waals surface area contributed by atoms with Crippen LogP contribution in [0.2, 0.25) is 0 Å². The van der Waals surface area contributed by atoms with Crippen molar-refractivity contribution < 1.29 is 14.7 Å². The van der Waals surface area contributed by atoms with Crippen molar-refractivity contribution in [2.24, 2.45) is 0 Å². The molecule has 1 N–H and O–H groups in total. The second-order valence-electron chi connectivity index (χ2n) is 3.70. The molecule has 2 rings (SSSR count). The summed E-state index contributed by atoms with van der Waals surface area (Å²) in [5.41, 5.74) is 1.47. The van der Waals surface area contributed by atoms with Gasteiger partial charge >= 0.3 is 5.97 Å². The minimum absolute atomic E-state index is 0.0145. The van der Waals surface area contributed by atoms with Gasteiger partial charge in [-0.3, -0.25) is 4.79 Å². The van der Waals surface area contributed by atoms with Crippen molar-refractivity contribution in [3.05, 3.63) is 23.0 Å². The van der Waals surface area contributed by atoms with Gasteiger partial charge in [0.1, 0.15) is 0 Å². The van der Waals surface area contributed by atoms with E-state index in [0.717, 1.165) is 11.3 Å². The molecule has 0 unspecified atom stereocenters. The number of rotatable bonds is 1. The van der Waals surface area contributed by atoms with Crippen molar-refractivity contribution in [1.82, 2.24) is 15.1 Å². The molecular formula is C10H11N3O3. The summed E-state index contributed by atoms with van der Waals surface area (Å²) in [7, 11) is 0. The van der Waals surface area contributed by atoms with Crippen molar-refractivity contribution in [2.45, 2.75) is 19.9 Å². The van der Waals surface area contributed by atoms with Crippen LogP contribution in [0, 0.1) is 0 Å². The average Bonchev–Trinajstić information content (AvgIpc) is 2.27. The van der Waals surface area contributed by atoms with Gasteiger partial charge in [-0.1, -0.05) is 0 Å². The Morgan fingerprint density at radius 1 is 1.44 bits per heavy atom. The molecule has 0 saturated carbocycles. The van der Waals surface area contributed by atoms with E-state index in [4.69, 9.17) is 5.11 Å². The number of nitrogens with zero attached hydrogens (tertiary/aromatic N) is 3. The molecule has 84 valence electrons. The van der Waals surface area contributed by atoms with E-state index >= 15 is 0 Å². The maximum absolute atomic E-state index is 11.2. The molecule has 1 aromatic rings. The molecule has 0 atom stereocenters. The molecule has 1 aliphatic rings. The SMILES string of the molecule is CC(=O)N1CCc2nnc(C(=O)O)cc2C1. The molecule has 0 aliphatic carbocycles. The Bertz CT molecular complexity index is 459. The fourth-order valence-corrected chi connectivity index (χ4v) is 1.70. The van der Waals surface area contributed by atoms with Crippen LogP contribution in [0.15, 0.2) is 6.07 Å². The lowest BCUT2D eigenvalue weighted by atomic mass is 10.1. The molecule has 0 saturated heterocycles. The first kappa shape index (κ1) is 10.5. The number of hydrogen-bond acceptors (Lipinski definition) is 4. The minimum Gasteiger partial charge on any atom is -0.476 e. The standard InChI is InChI=1S/C10H11N3O3/c1-6(14)13-3-2-8-7(5-13)4-9(10(15)16)12-11-8/h4H,2-3,5H2,1H3,(H,15,16). The Labute approximate surface area is 91.9 Å². The summed E-state index contributed by atoms with van der Waals surface area (Å²) in [6, 6.07) is 1.49. The molecule has 16 heavy (non-hydrogen) atoms. The van der Waals surface area contributed by atoms with Gasteiger partial charge in [-0.25, -0.2) is 4.79 Å². The third-order valence-corrected chi connectivity index (χ3v) is 2.60. The van der Waals surface area contributed by atoms with Crippen LogP contribution in [0.3, 0.4) is 0 Å². The van der Waals surface area contributed by atoms with Crippen LogP contribution < -0.4 is 0 Å². The van der Waals surface area contributed by atoms with Gasteiger partial charge in [-0.2, -0.15) is 5.10 Å². The van der Waals surface area contributed by atoms with Crippen LogP contribution in [-0.4, -0.2) is 38.6 Å². The highest BCUT2D eigenvalue weighted by Crippen LogP contribution is 2.17. The third kappa shape index (κ3) is 1.86.